The maximum atomic E-state index is 5.79. The number of rotatable bonds is 6. The van der Waals surface area contributed by atoms with E-state index in [4.69, 9.17) is 10.2 Å². The first-order chi connectivity index (χ1) is 7.22. The summed E-state index contributed by atoms with van der Waals surface area (Å²) in [4.78, 5) is 2.25. The highest BCUT2D eigenvalue weighted by Gasteiger charge is 2.17. The summed E-state index contributed by atoms with van der Waals surface area (Å²) in [5, 5.41) is 0. The fraction of sp³-hybridized carbons (Fsp3) is 0.667. The van der Waals surface area contributed by atoms with Crippen LogP contribution in [0.3, 0.4) is 0 Å². The Balaban J connectivity index is 2.72. The first-order valence-electron chi connectivity index (χ1n) is 5.71. The van der Waals surface area contributed by atoms with Crippen molar-refractivity contribution in [2.75, 3.05) is 20.1 Å². The van der Waals surface area contributed by atoms with E-state index in [0.29, 0.717) is 6.54 Å². The van der Waals surface area contributed by atoms with Crippen molar-refractivity contribution in [2.24, 2.45) is 5.73 Å². The lowest BCUT2D eigenvalue weighted by atomic mass is 10.2. The molecule has 0 spiro atoms. The van der Waals surface area contributed by atoms with Crippen LogP contribution in [0.5, 0.6) is 0 Å². The van der Waals surface area contributed by atoms with E-state index in [1.165, 1.54) is 0 Å². The number of hydrogen-bond acceptors (Lipinski definition) is 3. The molecule has 2 N–H and O–H groups in total. The predicted molar refractivity (Wildman–Crippen MR) is 62.8 cm³/mol. The van der Waals surface area contributed by atoms with Crippen molar-refractivity contribution in [2.45, 2.75) is 32.7 Å². The van der Waals surface area contributed by atoms with Gasteiger partial charge in [-0.1, -0.05) is 13.8 Å². The molecule has 0 amide bonds. The van der Waals surface area contributed by atoms with Gasteiger partial charge in [0.05, 0.1) is 6.04 Å². The van der Waals surface area contributed by atoms with E-state index in [2.05, 4.69) is 25.8 Å². The molecule has 0 aliphatic heterocycles. The van der Waals surface area contributed by atoms with Gasteiger partial charge in [-0.3, -0.25) is 4.90 Å². The average molecular weight is 210 g/mol. The van der Waals surface area contributed by atoms with Crippen LogP contribution in [0.1, 0.15) is 37.8 Å². The molecule has 0 aromatic carbocycles. The molecule has 15 heavy (non-hydrogen) atoms. The van der Waals surface area contributed by atoms with Crippen molar-refractivity contribution in [3.63, 3.8) is 0 Å². The molecule has 0 saturated carbocycles. The van der Waals surface area contributed by atoms with Crippen molar-refractivity contribution < 1.29 is 4.42 Å². The number of nitrogens with two attached hydrogens (primary N) is 1. The summed E-state index contributed by atoms with van der Waals surface area (Å²) in [6.07, 6.45) is 2.07. The SMILES string of the molecule is CCCN(C)C(CN)c1ccc(CC)o1. The molecule has 0 saturated heterocycles. The second kappa shape index (κ2) is 5.93. The highest BCUT2D eigenvalue weighted by molar-refractivity contribution is 5.11. The number of aryl methyl sites for hydroxylation is 1. The summed E-state index contributed by atoms with van der Waals surface area (Å²) < 4.78 is 5.73. The highest BCUT2D eigenvalue weighted by Crippen LogP contribution is 2.21. The summed E-state index contributed by atoms with van der Waals surface area (Å²) >= 11 is 0. The smallest absolute Gasteiger partial charge is 0.122 e. The standard InChI is InChI=1S/C12H22N2O/c1-4-8-14(3)11(9-13)12-7-6-10(5-2)15-12/h6-7,11H,4-5,8-9,13H2,1-3H3. The Labute approximate surface area is 92.2 Å². The van der Waals surface area contributed by atoms with E-state index < -0.39 is 0 Å². The third-order valence-corrected chi connectivity index (χ3v) is 2.69. The first kappa shape index (κ1) is 12.3. The lowest BCUT2D eigenvalue weighted by Crippen LogP contribution is -2.30. The summed E-state index contributed by atoms with van der Waals surface area (Å²) in [7, 11) is 2.09. The zero-order chi connectivity index (χ0) is 11.3. The number of hydrogen-bond donors (Lipinski definition) is 1. The van der Waals surface area contributed by atoms with Crippen LogP contribution in [-0.2, 0) is 6.42 Å². The normalized spacial score (nSPS) is 13.4. The van der Waals surface area contributed by atoms with Gasteiger partial charge >= 0.3 is 0 Å². The van der Waals surface area contributed by atoms with Gasteiger partial charge in [-0.2, -0.15) is 0 Å². The molecule has 3 heteroatoms. The lowest BCUT2D eigenvalue weighted by Gasteiger charge is -2.24. The fourth-order valence-electron chi connectivity index (χ4n) is 1.79. The summed E-state index contributed by atoms with van der Waals surface area (Å²) in [5.74, 6) is 2.03. The van der Waals surface area contributed by atoms with E-state index in [0.717, 1.165) is 30.9 Å². The quantitative estimate of drug-likeness (QED) is 0.782. The van der Waals surface area contributed by atoms with Gasteiger partial charge in [0.15, 0.2) is 0 Å². The maximum absolute atomic E-state index is 5.79. The minimum absolute atomic E-state index is 0.213. The minimum Gasteiger partial charge on any atom is -0.464 e. The third kappa shape index (κ3) is 3.08. The lowest BCUT2D eigenvalue weighted by molar-refractivity contribution is 0.218. The topological polar surface area (TPSA) is 42.4 Å². The Morgan fingerprint density at radius 2 is 2.13 bits per heavy atom. The van der Waals surface area contributed by atoms with Crippen LogP contribution in [0.2, 0.25) is 0 Å². The van der Waals surface area contributed by atoms with Gasteiger partial charge in [0.1, 0.15) is 11.5 Å². The van der Waals surface area contributed by atoms with E-state index in [1.54, 1.807) is 0 Å². The van der Waals surface area contributed by atoms with E-state index in [1.807, 2.05) is 12.1 Å². The van der Waals surface area contributed by atoms with Gasteiger partial charge in [0.25, 0.3) is 0 Å². The molecule has 1 rings (SSSR count). The Kier molecular flexibility index (Phi) is 4.85. The number of nitrogens with zero attached hydrogens (tertiary/aromatic N) is 1. The van der Waals surface area contributed by atoms with Gasteiger partial charge in [0.2, 0.25) is 0 Å². The zero-order valence-corrected chi connectivity index (χ0v) is 9.99. The van der Waals surface area contributed by atoms with Crippen molar-refractivity contribution in [1.29, 1.82) is 0 Å². The minimum atomic E-state index is 0.213. The molecular weight excluding hydrogens is 188 g/mol. The fourth-order valence-corrected chi connectivity index (χ4v) is 1.79. The van der Waals surface area contributed by atoms with Crippen molar-refractivity contribution >= 4 is 0 Å². The maximum Gasteiger partial charge on any atom is 0.122 e. The Hall–Kier alpha value is -0.800. The van der Waals surface area contributed by atoms with Crippen LogP contribution in [0.4, 0.5) is 0 Å². The largest absolute Gasteiger partial charge is 0.464 e. The molecular formula is C12H22N2O. The molecule has 0 radical (unpaired) electrons. The molecule has 3 nitrogen and oxygen atoms in total. The molecule has 0 bridgehead atoms. The monoisotopic (exact) mass is 210 g/mol. The zero-order valence-electron chi connectivity index (χ0n) is 9.99. The van der Waals surface area contributed by atoms with Crippen molar-refractivity contribution in [3.05, 3.63) is 23.7 Å². The summed E-state index contributed by atoms with van der Waals surface area (Å²) in [6.45, 7) is 5.91. The molecule has 1 unspecified atom stereocenters. The number of furan rings is 1. The van der Waals surface area contributed by atoms with E-state index >= 15 is 0 Å². The average Bonchev–Trinajstić information content (AvgIpc) is 2.68. The second-order valence-electron chi connectivity index (χ2n) is 3.89. The molecule has 0 fully saturated rings. The summed E-state index contributed by atoms with van der Waals surface area (Å²) in [5.41, 5.74) is 5.79. The third-order valence-electron chi connectivity index (χ3n) is 2.69. The van der Waals surface area contributed by atoms with Crippen molar-refractivity contribution in [1.82, 2.24) is 4.90 Å². The molecule has 0 aliphatic rings. The predicted octanol–water partition coefficient (Wildman–Crippen LogP) is 2.18. The molecule has 1 heterocycles. The van der Waals surface area contributed by atoms with Crippen molar-refractivity contribution in [3.8, 4) is 0 Å². The van der Waals surface area contributed by atoms with Crippen LogP contribution in [0, 0.1) is 0 Å². The van der Waals surface area contributed by atoms with E-state index in [-0.39, 0.29) is 6.04 Å². The Bertz CT molecular complexity index is 283. The number of likely N-dealkylation sites (N-methyl/N-ethyl adjacent to an activating group) is 1. The second-order valence-corrected chi connectivity index (χ2v) is 3.89. The first-order valence-corrected chi connectivity index (χ1v) is 5.71. The van der Waals surface area contributed by atoms with Gasteiger partial charge < -0.3 is 10.2 Å². The van der Waals surface area contributed by atoms with Gasteiger partial charge in [-0.05, 0) is 32.1 Å². The van der Waals surface area contributed by atoms with Gasteiger partial charge in [-0.25, -0.2) is 0 Å². The van der Waals surface area contributed by atoms with Crippen LogP contribution in [0.15, 0.2) is 16.5 Å². The van der Waals surface area contributed by atoms with Crippen LogP contribution < -0.4 is 5.73 Å². The molecule has 1 aromatic rings. The van der Waals surface area contributed by atoms with Crippen LogP contribution in [-0.4, -0.2) is 25.0 Å². The molecule has 1 aromatic heterocycles. The van der Waals surface area contributed by atoms with Crippen LogP contribution in [0.25, 0.3) is 0 Å². The van der Waals surface area contributed by atoms with Gasteiger partial charge in [-0.15, -0.1) is 0 Å². The molecule has 86 valence electrons. The Morgan fingerprint density at radius 3 is 2.60 bits per heavy atom. The van der Waals surface area contributed by atoms with Gasteiger partial charge in [0, 0.05) is 13.0 Å². The van der Waals surface area contributed by atoms with E-state index in [9.17, 15) is 0 Å². The van der Waals surface area contributed by atoms with Crippen LogP contribution >= 0.6 is 0 Å². The summed E-state index contributed by atoms with van der Waals surface area (Å²) in [6, 6.07) is 4.30. The molecule has 1 atom stereocenters. The molecule has 0 aliphatic carbocycles. The Morgan fingerprint density at radius 1 is 1.40 bits per heavy atom. The highest BCUT2D eigenvalue weighted by atomic mass is 16.3.